The lowest BCUT2D eigenvalue weighted by molar-refractivity contribution is -0.151. The highest BCUT2D eigenvalue weighted by Crippen LogP contribution is 2.31. The summed E-state index contributed by atoms with van der Waals surface area (Å²) in [5.74, 6) is 0.455. The molecule has 4 rings (SSSR count). The lowest BCUT2D eigenvalue weighted by Crippen LogP contribution is -2.26. The van der Waals surface area contributed by atoms with Crippen LogP contribution in [0.25, 0.3) is 11.3 Å². The summed E-state index contributed by atoms with van der Waals surface area (Å²) in [6.07, 6.45) is 2.05. The van der Waals surface area contributed by atoms with Crippen molar-refractivity contribution >= 4 is 5.97 Å². The lowest BCUT2D eigenvalue weighted by Gasteiger charge is -2.26. The number of carbonyl (C=O) groups excluding carboxylic acids is 1. The molecule has 41 heavy (non-hydrogen) atoms. The summed E-state index contributed by atoms with van der Waals surface area (Å²) in [5, 5.41) is 8.67. The van der Waals surface area contributed by atoms with Crippen molar-refractivity contribution < 1.29 is 14.3 Å². The summed E-state index contributed by atoms with van der Waals surface area (Å²) >= 11 is 0. The van der Waals surface area contributed by atoms with Crippen LogP contribution < -0.4 is 4.74 Å². The molecule has 3 aromatic carbocycles. The van der Waals surface area contributed by atoms with E-state index in [1.807, 2.05) is 68.4 Å². The first-order chi connectivity index (χ1) is 19.3. The molecule has 0 amide bonds. The number of carbonyl (C=O) groups is 1. The number of esters is 1. The molecule has 1 atom stereocenters. The monoisotopic (exact) mass is 553 g/mol. The normalized spacial score (nSPS) is 12.8. The highest BCUT2D eigenvalue weighted by molar-refractivity contribution is 5.75. The fourth-order valence-electron chi connectivity index (χ4n) is 4.52. The van der Waals surface area contributed by atoms with Gasteiger partial charge in [0.1, 0.15) is 18.1 Å². The van der Waals surface area contributed by atoms with Gasteiger partial charge in [0.2, 0.25) is 0 Å². The van der Waals surface area contributed by atoms with E-state index in [4.69, 9.17) is 9.47 Å². The zero-order valence-corrected chi connectivity index (χ0v) is 25.6. The number of rotatable bonds is 9. The van der Waals surface area contributed by atoms with Crippen molar-refractivity contribution in [2.75, 3.05) is 0 Å². The van der Waals surface area contributed by atoms with Crippen molar-refractivity contribution in [1.29, 1.82) is 0 Å². The molecule has 0 N–H and O–H groups in total. The third-order valence-corrected chi connectivity index (χ3v) is 7.01. The SMILES string of the molecule is CC(C)OC(=O)C(Cc1ccccc1)n1cc(-c2ccc(OCc3cc(C(C)(C)C)cc(C(C)(C)C)c3)cc2)nn1. The first kappa shape index (κ1) is 30.0. The van der Waals surface area contributed by atoms with E-state index < -0.39 is 6.04 Å². The standard InChI is InChI=1S/C35H43N3O3/c1-24(2)41-33(39)32(20-25-12-10-9-11-13-25)38-22-31(36-37-38)27-14-16-30(17-15-27)40-23-26-18-28(34(3,4)5)21-29(19-26)35(6,7)8/h9-19,21-22,24,32H,20,23H2,1-8H3. The summed E-state index contributed by atoms with van der Waals surface area (Å²) in [4.78, 5) is 13.0. The van der Waals surface area contributed by atoms with Crippen LogP contribution in [0.15, 0.2) is 79.0 Å². The number of aromatic nitrogens is 3. The molecule has 4 aromatic rings. The van der Waals surface area contributed by atoms with Crippen molar-refractivity contribution in [1.82, 2.24) is 15.0 Å². The molecule has 0 saturated heterocycles. The quantitative estimate of drug-likeness (QED) is 0.197. The van der Waals surface area contributed by atoms with E-state index in [9.17, 15) is 4.79 Å². The maximum absolute atomic E-state index is 13.0. The molecule has 1 aromatic heterocycles. The van der Waals surface area contributed by atoms with Gasteiger partial charge in [-0.05, 0) is 71.2 Å². The van der Waals surface area contributed by atoms with E-state index in [0.717, 1.165) is 22.4 Å². The molecule has 6 heteroatoms. The van der Waals surface area contributed by atoms with Crippen LogP contribution in [0.1, 0.15) is 83.7 Å². The first-order valence-corrected chi connectivity index (χ1v) is 14.3. The van der Waals surface area contributed by atoms with Crippen LogP contribution in [-0.4, -0.2) is 27.1 Å². The fourth-order valence-corrected chi connectivity index (χ4v) is 4.52. The van der Waals surface area contributed by atoms with Crippen molar-refractivity contribution in [2.45, 2.75) is 91.4 Å². The molecule has 0 aliphatic rings. The van der Waals surface area contributed by atoms with Crippen molar-refractivity contribution in [3.63, 3.8) is 0 Å². The van der Waals surface area contributed by atoms with Gasteiger partial charge in [0.25, 0.3) is 0 Å². The molecule has 0 saturated carbocycles. The van der Waals surface area contributed by atoms with Gasteiger partial charge in [-0.3, -0.25) is 0 Å². The molecule has 216 valence electrons. The van der Waals surface area contributed by atoms with Crippen LogP contribution in [0, 0.1) is 0 Å². The summed E-state index contributed by atoms with van der Waals surface area (Å²) in [7, 11) is 0. The van der Waals surface area contributed by atoms with E-state index in [2.05, 4.69) is 70.1 Å². The summed E-state index contributed by atoms with van der Waals surface area (Å²) in [6.45, 7) is 17.6. The number of hydrogen-bond donors (Lipinski definition) is 0. The molecule has 0 fully saturated rings. The molecule has 6 nitrogen and oxygen atoms in total. The zero-order chi connectivity index (χ0) is 29.8. The zero-order valence-electron chi connectivity index (χ0n) is 25.6. The van der Waals surface area contributed by atoms with Crippen LogP contribution in [-0.2, 0) is 33.4 Å². The second kappa shape index (κ2) is 12.3. The van der Waals surface area contributed by atoms with Crippen molar-refractivity contribution in [2.24, 2.45) is 0 Å². The highest BCUT2D eigenvalue weighted by atomic mass is 16.5. The third-order valence-electron chi connectivity index (χ3n) is 7.01. The number of benzene rings is 3. The Kier molecular flexibility index (Phi) is 9.01. The minimum absolute atomic E-state index is 0.0563. The Balaban J connectivity index is 1.49. The van der Waals surface area contributed by atoms with E-state index in [-0.39, 0.29) is 22.9 Å². The summed E-state index contributed by atoms with van der Waals surface area (Å²) in [6, 6.07) is 23.9. The van der Waals surface area contributed by atoms with Gasteiger partial charge in [-0.1, -0.05) is 95.3 Å². The maximum Gasteiger partial charge on any atom is 0.331 e. The molecule has 1 unspecified atom stereocenters. The largest absolute Gasteiger partial charge is 0.489 e. The molecular weight excluding hydrogens is 510 g/mol. The average molecular weight is 554 g/mol. The van der Waals surface area contributed by atoms with Gasteiger partial charge in [0.05, 0.1) is 12.3 Å². The Bertz CT molecular complexity index is 1410. The second-order valence-corrected chi connectivity index (χ2v) is 13.0. The van der Waals surface area contributed by atoms with E-state index in [1.165, 1.54) is 11.1 Å². The fraction of sp³-hybridized carbons (Fsp3) is 0.400. The Morgan fingerprint density at radius 1 is 0.829 bits per heavy atom. The van der Waals surface area contributed by atoms with Gasteiger partial charge in [-0.2, -0.15) is 0 Å². The molecular formula is C35H43N3O3. The van der Waals surface area contributed by atoms with Gasteiger partial charge in [-0.15, -0.1) is 5.10 Å². The van der Waals surface area contributed by atoms with Crippen LogP contribution in [0.5, 0.6) is 5.75 Å². The minimum Gasteiger partial charge on any atom is -0.489 e. The summed E-state index contributed by atoms with van der Waals surface area (Å²) < 4.78 is 13.3. The maximum atomic E-state index is 13.0. The molecule has 0 spiro atoms. The smallest absolute Gasteiger partial charge is 0.331 e. The Morgan fingerprint density at radius 2 is 1.44 bits per heavy atom. The molecule has 0 bridgehead atoms. The third kappa shape index (κ3) is 8.06. The van der Waals surface area contributed by atoms with Crippen LogP contribution in [0.4, 0.5) is 0 Å². The van der Waals surface area contributed by atoms with Gasteiger partial charge >= 0.3 is 5.97 Å². The van der Waals surface area contributed by atoms with Crippen molar-refractivity contribution in [3.05, 3.63) is 101 Å². The second-order valence-electron chi connectivity index (χ2n) is 13.0. The van der Waals surface area contributed by atoms with Gasteiger partial charge in [0, 0.05) is 12.0 Å². The number of nitrogens with zero attached hydrogens (tertiary/aromatic N) is 3. The van der Waals surface area contributed by atoms with E-state index >= 15 is 0 Å². The van der Waals surface area contributed by atoms with Crippen LogP contribution in [0.2, 0.25) is 0 Å². The molecule has 0 radical (unpaired) electrons. The minimum atomic E-state index is -0.606. The Labute approximate surface area is 244 Å². The lowest BCUT2D eigenvalue weighted by atomic mass is 9.79. The number of hydrogen-bond acceptors (Lipinski definition) is 5. The van der Waals surface area contributed by atoms with Gasteiger partial charge < -0.3 is 9.47 Å². The van der Waals surface area contributed by atoms with Gasteiger partial charge in [0.15, 0.2) is 6.04 Å². The Morgan fingerprint density at radius 3 is 2.00 bits per heavy atom. The van der Waals surface area contributed by atoms with Crippen LogP contribution >= 0.6 is 0 Å². The average Bonchev–Trinajstić information content (AvgIpc) is 3.40. The molecule has 0 aliphatic carbocycles. The number of ether oxygens (including phenoxy) is 2. The first-order valence-electron chi connectivity index (χ1n) is 14.3. The van der Waals surface area contributed by atoms with Crippen LogP contribution in [0.3, 0.4) is 0 Å². The van der Waals surface area contributed by atoms with Crippen molar-refractivity contribution in [3.8, 4) is 17.0 Å². The van der Waals surface area contributed by atoms with E-state index in [0.29, 0.717) is 18.7 Å². The molecule has 1 heterocycles. The predicted molar refractivity (Wildman–Crippen MR) is 164 cm³/mol. The topological polar surface area (TPSA) is 66.2 Å². The summed E-state index contributed by atoms with van der Waals surface area (Å²) in [5.41, 5.74) is 6.49. The highest BCUT2D eigenvalue weighted by Gasteiger charge is 2.25. The molecule has 0 aliphatic heterocycles. The predicted octanol–water partition coefficient (Wildman–Crippen LogP) is 7.85. The van der Waals surface area contributed by atoms with Gasteiger partial charge in [-0.25, -0.2) is 9.48 Å². The van der Waals surface area contributed by atoms with E-state index in [1.54, 1.807) is 10.9 Å². The Hall–Kier alpha value is -3.93.